The van der Waals surface area contributed by atoms with Gasteiger partial charge in [0.25, 0.3) is 5.91 Å². The first-order valence-electron chi connectivity index (χ1n) is 10.0. The van der Waals surface area contributed by atoms with Gasteiger partial charge in [-0.3, -0.25) is 9.59 Å². The van der Waals surface area contributed by atoms with E-state index in [0.29, 0.717) is 63.5 Å². The van der Waals surface area contributed by atoms with E-state index in [2.05, 4.69) is 0 Å². The molecule has 1 aromatic rings. The Morgan fingerprint density at radius 3 is 2.30 bits per heavy atom. The number of nitrogens with zero attached hydrogens (tertiary/aromatic N) is 3. The molecule has 30 heavy (non-hydrogen) atoms. The molecule has 166 valence electrons. The average Bonchev–Trinajstić information content (AvgIpc) is 2.78. The highest BCUT2D eigenvalue weighted by atomic mass is 32.2. The predicted octanol–water partition coefficient (Wildman–Crippen LogP) is 0.799. The molecular weight excluding hydrogens is 410 g/mol. The molecule has 2 fully saturated rings. The fourth-order valence-electron chi connectivity index (χ4n) is 3.79. The summed E-state index contributed by atoms with van der Waals surface area (Å²) in [7, 11) is 0.615. The molecular formula is C20H29N3O6S. The topological polar surface area (TPSA) is 96.5 Å². The van der Waals surface area contributed by atoms with Crippen LogP contribution in [0.25, 0.3) is 0 Å². The second-order valence-electron chi connectivity index (χ2n) is 7.66. The highest BCUT2D eigenvalue weighted by molar-refractivity contribution is 7.89. The third-order valence-electron chi connectivity index (χ3n) is 5.65. The first kappa shape index (κ1) is 22.5. The van der Waals surface area contributed by atoms with Crippen molar-refractivity contribution in [2.24, 2.45) is 5.92 Å². The number of ether oxygens (including phenoxy) is 2. The smallest absolute Gasteiger partial charge is 0.308 e. The lowest BCUT2D eigenvalue weighted by molar-refractivity contribution is -0.146. The van der Waals surface area contributed by atoms with Crippen molar-refractivity contribution in [2.45, 2.75) is 17.7 Å². The van der Waals surface area contributed by atoms with E-state index < -0.39 is 10.0 Å². The minimum absolute atomic E-state index is 0.0808. The zero-order chi connectivity index (χ0) is 21.9. The maximum absolute atomic E-state index is 13.4. The molecule has 2 aliphatic heterocycles. The van der Waals surface area contributed by atoms with E-state index in [1.165, 1.54) is 27.3 Å². The Morgan fingerprint density at radius 1 is 1.10 bits per heavy atom. The molecule has 9 nitrogen and oxygen atoms in total. The van der Waals surface area contributed by atoms with Crippen LogP contribution in [0.15, 0.2) is 23.1 Å². The second-order valence-corrected chi connectivity index (χ2v) is 9.81. The lowest BCUT2D eigenvalue weighted by atomic mass is 9.96. The monoisotopic (exact) mass is 439 g/mol. The molecule has 0 bridgehead atoms. The van der Waals surface area contributed by atoms with Gasteiger partial charge in [-0.15, -0.1) is 0 Å². The summed E-state index contributed by atoms with van der Waals surface area (Å²) >= 11 is 0. The summed E-state index contributed by atoms with van der Waals surface area (Å²) < 4.78 is 36.6. The van der Waals surface area contributed by atoms with Crippen LogP contribution in [0.2, 0.25) is 0 Å². The minimum atomic E-state index is -3.68. The van der Waals surface area contributed by atoms with Crippen molar-refractivity contribution in [3.8, 4) is 0 Å². The van der Waals surface area contributed by atoms with Crippen LogP contribution >= 0.6 is 0 Å². The lowest BCUT2D eigenvalue weighted by Crippen LogP contribution is -2.42. The third-order valence-corrected chi connectivity index (χ3v) is 7.46. The van der Waals surface area contributed by atoms with Gasteiger partial charge in [0.05, 0.1) is 36.7 Å². The van der Waals surface area contributed by atoms with E-state index in [1.807, 2.05) is 4.90 Å². The number of likely N-dealkylation sites (tertiary alicyclic amines) is 1. The highest BCUT2D eigenvalue weighted by Gasteiger charge is 2.31. The van der Waals surface area contributed by atoms with Crippen molar-refractivity contribution < 1.29 is 27.5 Å². The molecule has 0 radical (unpaired) electrons. The number of hydrogen-bond donors (Lipinski definition) is 0. The molecule has 0 atom stereocenters. The summed E-state index contributed by atoms with van der Waals surface area (Å²) in [6.07, 6.45) is 1.06. The van der Waals surface area contributed by atoms with Gasteiger partial charge < -0.3 is 19.3 Å². The van der Waals surface area contributed by atoms with Gasteiger partial charge in [-0.1, -0.05) is 0 Å². The summed E-state index contributed by atoms with van der Waals surface area (Å²) in [5.41, 5.74) is 1.06. The molecule has 2 heterocycles. The molecule has 0 saturated carbocycles. The van der Waals surface area contributed by atoms with Crippen LogP contribution in [0.3, 0.4) is 0 Å². The van der Waals surface area contributed by atoms with Gasteiger partial charge in [0.2, 0.25) is 10.0 Å². The Labute approximate surface area is 177 Å². The molecule has 0 aromatic heterocycles. The van der Waals surface area contributed by atoms with Crippen molar-refractivity contribution in [1.29, 1.82) is 0 Å². The fraction of sp³-hybridized carbons (Fsp3) is 0.600. The van der Waals surface area contributed by atoms with E-state index in [0.717, 1.165) is 4.31 Å². The number of piperidine rings is 1. The number of amides is 1. The number of anilines is 1. The molecule has 0 aliphatic carbocycles. The quantitative estimate of drug-likeness (QED) is 0.626. The molecule has 2 aliphatic rings. The molecule has 10 heteroatoms. The Kier molecular flexibility index (Phi) is 6.99. The van der Waals surface area contributed by atoms with Crippen LogP contribution in [-0.4, -0.2) is 90.1 Å². The van der Waals surface area contributed by atoms with Crippen molar-refractivity contribution in [3.63, 3.8) is 0 Å². The number of rotatable bonds is 5. The number of morpholine rings is 1. The second kappa shape index (κ2) is 9.32. The van der Waals surface area contributed by atoms with E-state index in [1.54, 1.807) is 17.0 Å². The van der Waals surface area contributed by atoms with E-state index >= 15 is 0 Å². The molecule has 0 spiro atoms. The van der Waals surface area contributed by atoms with Gasteiger partial charge in [0.1, 0.15) is 0 Å². The van der Waals surface area contributed by atoms with Crippen LogP contribution < -0.4 is 4.90 Å². The average molecular weight is 440 g/mol. The molecule has 0 unspecified atom stereocenters. The van der Waals surface area contributed by atoms with Crippen molar-refractivity contribution in [1.82, 2.24) is 9.21 Å². The van der Waals surface area contributed by atoms with Crippen LogP contribution in [0.4, 0.5) is 5.69 Å². The van der Waals surface area contributed by atoms with Crippen molar-refractivity contribution in [2.75, 3.05) is 65.5 Å². The first-order chi connectivity index (χ1) is 14.3. The summed E-state index contributed by atoms with van der Waals surface area (Å²) in [4.78, 5) is 29.0. The van der Waals surface area contributed by atoms with Gasteiger partial charge in [0.15, 0.2) is 0 Å². The number of carbonyl (C=O) groups is 2. The van der Waals surface area contributed by atoms with Crippen molar-refractivity contribution in [3.05, 3.63) is 23.8 Å². The Balaban J connectivity index is 1.91. The maximum atomic E-state index is 13.4. The first-order valence-corrected chi connectivity index (χ1v) is 11.5. The Bertz CT molecular complexity index is 888. The predicted molar refractivity (Wildman–Crippen MR) is 111 cm³/mol. The number of sulfonamides is 1. The van der Waals surface area contributed by atoms with Crippen LogP contribution in [0.5, 0.6) is 0 Å². The highest BCUT2D eigenvalue weighted by Crippen LogP contribution is 2.29. The SMILES string of the molecule is COC(=O)C1CCN(C(=O)c2cc(S(=O)(=O)N(C)C)ccc2N2CCOCC2)CC1. The maximum Gasteiger partial charge on any atom is 0.308 e. The van der Waals surface area contributed by atoms with E-state index in [-0.39, 0.29) is 22.7 Å². The Morgan fingerprint density at radius 2 is 1.73 bits per heavy atom. The fourth-order valence-corrected chi connectivity index (χ4v) is 4.72. The zero-order valence-electron chi connectivity index (χ0n) is 17.7. The lowest BCUT2D eigenvalue weighted by Gasteiger charge is -2.34. The third kappa shape index (κ3) is 4.60. The molecule has 3 rings (SSSR count). The summed E-state index contributed by atoms with van der Waals surface area (Å²) in [5.74, 6) is -0.691. The van der Waals surface area contributed by atoms with Crippen molar-refractivity contribution >= 4 is 27.6 Å². The van der Waals surface area contributed by atoms with E-state index in [9.17, 15) is 18.0 Å². The summed E-state index contributed by atoms with van der Waals surface area (Å²) in [6, 6.07) is 4.71. The van der Waals surface area contributed by atoms with Gasteiger partial charge >= 0.3 is 5.97 Å². The van der Waals surface area contributed by atoms with Gasteiger partial charge in [-0.2, -0.15) is 0 Å². The zero-order valence-corrected chi connectivity index (χ0v) is 18.5. The number of hydrogen-bond acceptors (Lipinski definition) is 7. The minimum Gasteiger partial charge on any atom is -0.469 e. The van der Waals surface area contributed by atoms with Crippen LogP contribution in [-0.2, 0) is 24.3 Å². The van der Waals surface area contributed by atoms with E-state index in [4.69, 9.17) is 9.47 Å². The molecule has 1 amide bonds. The number of carbonyl (C=O) groups excluding carboxylic acids is 2. The van der Waals surface area contributed by atoms with Gasteiger partial charge in [-0.05, 0) is 31.0 Å². The molecule has 2 saturated heterocycles. The standard InChI is InChI=1S/C20H29N3O6S/c1-21(2)30(26,27)16-4-5-18(22-10-12-29-13-11-22)17(14-16)19(24)23-8-6-15(7-9-23)20(25)28-3/h4-5,14-15H,6-13H2,1-3H3. The van der Waals surface area contributed by atoms with Gasteiger partial charge in [-0.25, -0.2) is 12.7 Å². The summed E-state index contributed by atoms with van der Waals surface area (Å²) in [5, 5.41) is 0. The molecule has 1 aromatic carbocycles. The Hall–Kier alpha value is -2.17. The number of esters is 1. The largest absolute Gasteiger partial charge is 0.469 e. The summed E-state index contributed by atoms with van der Waals surface area (Å²) in [6.45, 7) is 3.21. The normalized spacial score (nSPS) is 18.5. The van der Waals surface area contributed by atoms with Crippen LogP contribution in [0, 0.1) is 5.92 Å². The number of benzene rings is 1. The number of methoxy groups -OCH3 is 1. The molecule has 0 N–H and O–H groups in total. The van der Waals surface area contributed by atoms with Gasteiger partial charge in [0, 0.05) is 46.0 Å². The van der Waals surface area contributed by atoms with Crippen LogP contribution in [0.1, 0.15) is 23.2 Å².